The Morgan fingerprint density at radius 3 is 2.73 bits per heavy atom. The number of aromatic nitrogens is 3. The summed E-state index contributed by atoms with van der Waals surface area (Å²) in [6, 6.07) is 6.26. The first-order valence-electron chi connectivity index (χ1n) is 9.58. The third-order valence-corrected chi connectivity index (χ3v) is 5.28. The van der Waals surface area contributed by atoms with Crippen molar-refractivity contribution in [3.63, 3.8) is 0 Å². The number of carboxylic acids is 1. The van der Waals surface area contributed by atoms with E-state index in [0.717, 1.165) is 5.69 Å². The molecule has 0 atom stereocenters. The lowest BCUT2D eigenvalue weighted by Gasteiger charge is -2.16. The summed E-state index contributed by atoms with van der Waals surface area (Å²) in [5, 5.41) is 16.8. The molecule has 0 fully saturated rings. The van der Waals surface area contributed by atoms with Crippen LogP contribution in [0.3, 0.4) is 0 Å². The SMILES string of the molecule is COc1cc(-n2c(C(C)C)c(CCC(=O)O)c3c(F)c4[nH]ncc4cc32)ccc1F. The second-order valence-electron chi connectivity index (χ2n) is 7.49. The zero-order chi connectivity index (χ0) is 21.6. The second kappa shape index (κ2) is 7.44. The van der Waals surface area contributed by atoms with Crippen molar-refractivity contribution in [3.05, 3.63) is 53.4 Å². The molecule has 6 nitrogen and oxygen atoms in total. The third-order valence-electron chi connectivity index (χ3n) is 5.28. The van der Waals surface area contributed by atoms with Crippen LogP contribution >= 0.6 is 0 Å². The molecule has 2 heterocycles. The number of carbonyl (C=O) groups is 1. The highest BCUT2D eigenvalue weighted by Gasteiger charge is 2.25. The Kier molecular flexibility index (Phi) is 4.93. The first kappa shape index (κ1) is 19.9. The maximum atomic E-state index is 15.5. The quantitative estimate of drug-likeness (QED) is 0.470. The Balaban J connectivity index is 2.13. The molecule has 0 spiro atoms. The summed E-state index contributed by atoms with van der Waals surface area (Å²) in [7, 11) is 1.38. The van der Waals surface area contributed by atoms with E-state index in [1.807, 2.05) is 24.5 Å². The van der Waals surface area contributed by atoms with Crippen molar-refractivity contribution >= 4 is 27.8 Å². The van der Waals surface area contributed by atoms with Gasteiger partial charge in [-0.1, -0.05) is 13.8 Å². The fourth-order valence-electron chi connectivity index (χ4n) is 4.05. The van der Waals surface area contributed by atoms with E-state index in [2.05, 4.69) is 10.2 Å². The van der Waals surface area contributed by atoms with E-state index in [0.29, 0.717) is 27.5 Å². The lowest BCUT2D eigenvalue weighted by atomic mass is 9.98. The predicted molar refractivity (Wildman–Crippen MR) is 109 cm³/mol. The lowest BCUT2D eigenvalue weighted by molar-refractivity contribution is -0.136. The molecule has 2 aromatic heterocycles. The molecule has 4 rings (SSSR count). The molecule has 0 unspecified atom stereocenters. The lowest BCUT2D eigenvalue weighted by Crippen LogP contribution is -2.06. The van der Waals surface area contributed by atoms with Crippen molar-refractivity contribution in [2.75, 3.05) is 7.11 Å². The highest BCUT2D eigenvalue weighted by molar-refractivity contribution is 5.99. The molecular weight excluding hydrogens is 392 g/mol. The van der Waals surface area contributed by atoms with Crippen molar-refractivity contribution < 1.29 is 23.4 Å². The maximum absolute atomic E-state index is 15.5. The van der Waals surface area contributed by atoms with Crippen LogP contribution in [0, 0.1) is 11.6 Å². The fourth-order valence-corrected chi connectivity index (χ4v) is 4.05. The predicted octanol–water partition coefficient (Wildman–Crippen LogP) is 4.93. The van der Waals surface area contributed by atoms with Crippen LogP contribution in [-0.4, -0.2) is 33.0 Å². The van der Waals surface area contributed by atoms with Gasteiger partial charge in [-0.3, -0.25) is 9.89 Å². The molecule has 2 N–H and O–H groups in total. The number of aryl methyl sites for hydroxylation is 1. The van der Waals surface area contributed by atoms with Crippen LogP contribution in [0.1, 0.15) is 37.4 Å². The summed E-state index contributed by atoms with van der Waals surface area (Å²) in [4.78, 5) is 11.3. The first-order valence-corrected chi connectivity index (χ1v) is 9.58. The van der Waals surface area contributed by atoms with Crippen LogP contribution < -0.4 is 4.74 Å². The van der Waals surface area contributed by atoms with Crippen molar-refractivity contribution in [3.8, 4) is 11.4 Å². The first-order chi connectivity index (χ1) is 14.3. The average molecular weight is 413 g/mol. The van der Waals surface area contributed by atoms with Crippen LogP contribution in [0.5, 0.6) is 5.75 Å². The molecular formula is C22H21F2N3O3. The molecule has 156 valence electrons. The minimum Gasteiger partial charge on any atom is -0.494 e. The fraction of sp³-hybridized carbons (Fsp3) is 0.273. The molecule has 0 radical (unpaired) electrons. The Labute approximate surface area is 171 Å². The summed E-state index contributed by atoms with van der Waals surface area (Å²) in [6.07, 6.45) is 1.57. The van der Waals surface area contributed by atoms with Gasteiger partial charge in [-0.2, -0.15) is 5.10 Å². The Morgan fingerprint density at radius 1 is 1.30 bits per heavy atom. The summed E-state index contributed by atoms with van der Waals surface area (Å²) in [5.41, 5.74) is 2.84. The van der Waals surface area contributed by atoms with Crippen LogP contribution in [0.2, 0.25) is 0 Å². The number of nitrogens with one attached hydrogen (secondary N) is 1. The molecule has 0 amide bonds. The van der Waals surface area contributed by atoms with Crippen molar-refractivity contribution in [1.82, 2.24) is 14.8 Å². The maximum Gasteiger partial charge on any atom is 0.303 e. The Hall–Kier alpha value is -3.42. The number of methoxy groups -OCH3 is 1. The molecule has 0 aliphatic rings. The van der Waals surface area contributed by atoms with Gasteiger partial charge in [0.05, 0.1) is 18.8 Å². The Bertz CT molecular complexity index is 1270. The van der Waals surface area contributed by atoms with Crippen LogP contribution in [0.15, 0.2) is 30.5 Å². The standard InChI is InChI=1S/C22H21F2N3O3/c1-11(2)22-14(5-7-18(28)29)19-16(8-12-10-25-26-21(12)20(19)24)27(22)13-4-6-15(23)17(9-13)30-3/h4,6,8-11H,5,7H2,1-3H3,(H,25,26)(H,28,29). The number of carboxylic acid groups (broad SMARTS) is 1. The topological polar surface area (TPSA) is 80.1 Å². The average Bonchev–Trinajstić information content (AvgIpc) is 3.30. The van der Waals surface area contributed by atoms with Gasteiger partial charge >= 0.3 is 5.97 Å². The molecule has 0 saturated carbocycles. The van der Waals surface area contributed by atoms with E-state index in [1.165, 1.54) is 19.4 Å². The number of fused-ring (bicyclic) bond motifs is 2. The van der Waals surface area contributed by atoms with Crippen molar-refractivity contribution in [1.29, 1.82) is 0 Å². The van der Waals surface area contributed by atoms with Gasteiger partial charge in [0.15, 0.2) is 17.4 Å². The van der Waals surface area contributed by atoms with Crippen LogP contribution in [-0.2, 0) is 11.2 Å². The molecule has 30 heavy (non-hydrogen) atoms. The van der Waals surface area contributed by atoms with E-state index in [1.54, 1.807) is 12.1 Å². The van der Waals surface area contributed by atoms with Crippen LogP contribution in [0.25, 0.3) is 27.5 Å². The summed E-state index contributed by atoms with van der Waals surface area (Å²) >= 11 is 0. The zero-order valence-corrected chi connectivity index (χ0v) is 16.8. The number of H-pyrrole nitrogens is 1. The molecule has 2 aromatic carbocycles. The van der Waals surface area contributed by atoms with Crippen molar-refractivity contribution in [2.45, 2.75) is 32.6 Å². The summed E-state index contributed by atoms with van der Waals surface area (Å²) < 4.78 is 36.6. The number of aliphatic carboxylic acids is 1. The number of rotatable bonds is 6. The number of hydrogen-bond acceptors (Lipinski definition) is 3. The largest absolute Gasteiger partial charge is 0.494 e. The minimum absolute atomic E-state index is 0.0480. The second-order valence-corrected chi connectivity index (χ2v) is 7.49. The number of benzene rings is 2. The Morgan fingerprint density at radius 2 is 2.07 bits per heavy atom. The molecule has 0 aliphatic heterocycles. The highest BCUT2D eigenvalue weighted by Crippen LogP contribution is 2.39. The van der Waals surface area contributed by atoms with E-state index in [4.69, 9.17) is 4.74 Å². The van der Waals surface area contributed by atoms with Gasteiger partial charge in [-0.25, -0.2) is 8.78 Å². The molecule has 0 aliphatic carbocycles. The summed E-state index contributed by atoms with van der Waals surface area (Å²) in [5.74, 6) is -1.92. The number of aromatic amines is 1. The van der Waals surface area contributed by atoms with Crippen LogP contribution in [0.4, 0.5) is 8.78 Å². The van der Waals surface area contributed by atoms with E-state index < -0.39 is 17.6 Å². The molecule has 4 aromatic rings. The van der Waals surface area contributed by atoms with Crippen molar-refractivity contribution in [2.24, 2.45) is 0 Å². The normalized spacial score (nSPS) is 11.7. The molecule has 8 heteroatoms. The highest BCUT2D eigenvalue weighted by atomic mass is 19.1. The van der Waals surface area contributed by atoms with Gasteiger partial charge in [0, 0.05) is 34.6 Å². The van der Waals surface area contributed by atoms with E-state index in [9.17, 15) is 14.3 Å². The van der Waals surface area contributed by atoms with Gasteiger partial charge < -0.3 is 14.4 Å². The number of halogens is 2. The molecule has 0 saturated heterocycles. The number of ether oxygens (including phenoxy) is 1. The van der Waals surface area contributed by atoms with Gasteiger partial charge in [0.25, 0.3) is 0 Å². The van der Waals surface area contributed by atoms with Gasteiger partial charge in [-0.05, 0) is 36.1 Å². The van der Waals surface area contributed by atoms with Gasteiger partial charge in [-0.15, -0.1) is 0 Å². The van der Waals surface area contributed by atoms with Gasteiger partial charge in [0.1, 0.15) is 5.52 Å². The monoisotopic (exact) mass is 413 g/mol. The number of nitrogens with zero attached hydrogens (tertiary/aromatic N) is 2. The zero-order valence-electron chi connectivity index (χ0n) is 16.8. The molecule has 0 bridgehead atoms. The third kappa shape index (κ3) is 3.08. The van der Waals surface area contributed by atoms with Gasteiger partial charge in [0.2, 0.25) is 0 Å². The number of hydrogen-bond donors (Lipinski definition) is 2. The smallest absolute Gasteiger partial charge is 0.303 e. The summed E-state index contributed by atoms with van der Waals surface area (Å²) in [6.45, 7) is 3.92. The van der Waals surface area contributed by atoms with E-state index in [-0.39, 0.29) is 30.0 Å². The minimum atomic E-state index is -0.961. The van der Waals surface area contributed by atoms with E-state index >= 15 is 4.39 Å².